The molecule has 2 aromatic carbocycles. The van der Waals surface area contributed by atoms with Crippen LogP contribution in [0.3, 0.4) is 0 Å². The molecule has 28 heavy (non-hydrogen) atoms. The largest absolute Gasteiger partial charge is 0.321 e. The van der Waals surface area contributed by atoms with E-state index in [0.29, 0.717) is 16.3 Å². The number of thiophene rings is 1. The monoisotopic (exact) mass is 388 g/mol. The van der Waals surface area contributed by atoms with Crippen LogP contribution in [0.15, 0.2) is 77.3 Å². The molecule has 0 aliphatic heterocycles. The molecule has 138 valence electrons. The third kappa shape index (κ3) is 3.47. The van der Waals surface area contributed by atoms with Gasteiger partial charge in [-0.2, -0.15) is 5.10 Å². The fraction of sp³-hybridized carbons (Fsp3) is 0.0476. The minimum atomic E-state index is -0.221. The molecule has 0 aliphatic rings. The van der Waals surface area contributed by atoms with Crippen LogP contribution in [0.1, 0.15) is 15.4 Å². The Kier molecular flexibility index (Phi) is 4.82. The summed E-state index contributed by atoms with van der Waals surface area (Å²) in [6.07, 6.45) is 0. The lowest BCUT2D eigenvalue weighted by Crippen LogP contribution is -2.10. The van der Waals surface area contributed by atoms with Crippen LogP contribution in [0.5, 0.6) is 0 Å². The molecule has 0 aliphatic carbocycles. The molecule has 0 atom stereocenters. The first-order valence-corrected chi connectivity index (χ1v) is 9.48. The molecule has 0 spiro atoms. The number of aryl methyl sites for hydroxylation is 1. The third-order valence-corrected chi connectivity index (χ3v) is 5.13. The first-order chi connectivity index (χ1) is 13.7. The summed E-state index contributed by atoms with van der Waals surface area (Å²) in [5.41, 5.74) is 3.94. The van der Waals surface area contributed by atoms with Crippen molar-refractivity contribution in [2.75, 3.05) is 5.32 Å². The Labute approximate surface area is 165 Å². The lowest BCUT2D eigenvalue weighted by Gasteiger charge is -2.09. The molecule has 6 nitrogen and oxygen atoms in total. The quantitative estimate of drug-likeness (QED) is 0.455. The smallest absolute Gasteiger partial charge is 0.265 e. The molecule has 2 heterocycles. The number of aromatic nitrogens is 2. The van der Waals surface area contributed by atoms with E-state index in [4.69, 9.17) is 0 Å². The maximum Gasteiger partial charge on any atom is 0.265 e. The fourth-order valence-corrected chi connectivity index (χ4v) is 3.54. The summed E-state index contributed by atoms with van der Waals surface area (Å²) in [6.45, 7) is 1.92. The topological polar surface area (TPSA) is 76.3 Å². The van der Waals surface area contributed by atoms with Crippen LogP contribution in [0.2, 0.25) is 0 Å². The number of hydrogen-bond acceptors (Lipinski definition) is 5. The van der Waals surface area contributed by atoms with Crippen LogP contribution in [0, 0.1) is 11.8 Å². The Morgan fingerprint density at radius 3 is 2.61 bits per heavy atom. The molecule has 0 unspecified atom stereocenters. The zero-order valence-corrected chi connectivity index (χ0v) is 15.8. The van der Waals surface area contributed by atoms with Gasteiger partial charge in [0.2, 0.25) is 0 Å². The van der Waals surface area contributed by atoms with Gasteiger partial charge in [-0.25, -0.2) is 4.68 Å². The van der Waals surface area contributed by atoms with Crippen molar-refractivity contribution >= 4 is 28.6 Å². The minimum absolute atomic E-state index is 0.204. The van der Waals surface area contributed by atoms with E-state index in [1.807, 2.05) is 54.8 Å². The fourth-order valence-electron chi connectivity index (χ4n) is 2.92. The Morgan fingerprint density at radius 1 is 1.07 bits per heavy atom. The summed E-state index contributed by atoms with van der Waals surface area (Å²) < 4.78 is 1.68. The summed E-state index contributed by atoms with van der Waals surface area (Å²) in [4.78, 5) is 24.3. The summed E-state index contributed by atoms with van der Waals surface area (Å²) >= 11 is 1.35. The zero-order valence-electron chi connectivity index (χ0n) is 15.0. The van der Waals surface area contributed by atoms with Crippen molar-refractivity contribution < 1.29 is 4.79 Å². The zero-order chi connectivity index (χ0) is 19.5. The average molecular weight is 388 g/mol. The number of anilines is 1. The van der Waals surface area contributed by atoms with Crippen molar-refractivity contribution in [2.45, 2.75) is 6.92 Å². The van der Waals surface area contributed by atoms with Crippen LogP contribution < -0.4 is 5.32 Å². The highest BCUT2D eigenvalue weighted by Gasteiger charge is 2.14. The van der Waals surface area contributed by atoms with Crippen molar-refractivity contribution in [1.29, 1.82) is 0 Å². The van der Waals surface area contributed by atoms with Gasteiger partial charge in [0.15, 0.2) is 0 Å². The van der Waals surface area contributed by atoms with Crippen LogP contribution in [-0.2, 0) is 0 Å². The average Bonchev–Trinajstić information content (AvgIpc) is 3.39. The number of amides is 1. The Hall–Kier alpha value is -3.58. The first-order valence-electron chi connectivity index (χ1n) is 8.60. The van der Waals surface area contributed by atoms with Gasteiger partial charge in [-0.3, -0.25) is 4.79 Å². The molecular weight excluding hydrogens is 372 g/mol. The molecule has 1 N–H and O–H groups in total. The molecule has 0 fully saturated rings. The maximum atomic E-state index is 12.2. The maximum absolute atomic E-state index is 12.2. The molecular formula is C21H16N4O2S. The van der Waals surface area contributed by atoms with E-state index in [1.54, 1.807) is 28.9 Å². The van der Waals surface area contributed by atoms with Gasteiger partial charge in [0, 0.05) is 16.9 Å². The summed E-state index contributed by atoms with van der Waals surface area (Å²) in [5, 5.41) is 12.4. The van der Waals surface area contributed by atoms with Crippen molar-refractivity contribution in [3.63, 3.8) is 0 Å². The van der Waals surface area contributed by atoms with E-state index in [9.17, 15) is 9.70 Å². The van der Waals surface area contributed by atoms with Gasteiger partial charge in [-0.1, -0.05) is 36.4 Å². The summed E-state index contributed by atoms with van der Waals surface area (Å²) in [6, 6.07) is 20.3. The minimum Gasteiger partial charge on any atom is -0.321 e. The molecule has 0 saturated heterocycles. The van der Waals surface area contributed by atoms with Crippen LogP contribution in [-0.4, -0.2) is 15.7 Å². The highest BCUT2D eigenvalue weighted by atomic mass is 32.1. The molecule has 0 bridgehead atoms. The number of hydrogen-bond donors (Lipinski definition) is 1. The number of nitrogens with zero attached hydrogens (tertiary/aromatic N) is 3. The van der Waals surface area contributed by atoms with E-state index in [-0.39, 0.29) is 11.6 Å². The highest BCUT2D eigenvalue weighted by Crippen LogP contribution is 2.30. The molecule has 0 saturated carbocycles. The van der Waals surface area contributed by atoms with Crippen molar-refractivity contribution in [1.82, 2.24) is 9.78 Å². The van der Waals surface area contributed by atoms with Gasteiger partial charge in [0.1, 0.15) is 5.69 Å². The molecule has 4 aromatic rings. The number of nitroso groups, excluding NO2 is 1. The van der Waals surface area contributed by atoms with Crippen molar-refractivity contribution in [2.24, 2.45) is 5.18 Å². The molecule has 7 heteroatoms. The Balaban J connectivity index is 1.66. The number of rotatable bonds is 5. The first kappa shape index (κ1) is 17.8. The number of carbonyl (C=O) groups excluding carboxylic acids is 1. The number of carbonyl (C=O) groups is 1. The summed E-state index contributed by atoms with van der Waals surface area (Å²) in [7, 11) is 0. The van der Waals surface area contributed by atoms with Gasteiger partial charge >= 0.3 is 0 Å². The number of nitrogens with one attached hydrogen (secondary N) is 1. The van der Waals surface area contributed by atoms with Gasteiger partial charge in [0.25, 0.3) is 5.91 Å². The lowest BCUT2D eigenvalue weighted by molar-refractivity contribution is 0.103. The van der Waals surface area contributed by atoms with Crippen LogP contribution >= 0.6 is 11.3 Å². The van der Waals surface area contributed by atoms with Crippen molar-refractivity contribution in [3.05, 3.63) is 87.6 Å². The molecule has 2 aromatic heterocycles. The molecule has 4 rings (SSSR count). The third-order valence-electron chi connectivity index (χ3n) is 4.26. The lowest BCUT2D eigenvalue weighted by atomic mass is 10.1. The normalized spacial score (nSPS) is 10.6. The number of benzene rings is 2. The molecule has 1 amide bonds. The highest BCUT2D eigenvalue weighted by molar-refractivity contribution is 7.12. The molecule has 0 radical (unpaired) electrons. The van der Waals surface area contributed by atoms with Gasteiger partial charge in [-0.15, -0.1) is 16.2 Å². The van der Waals surface area contributed by atoms with E-state index in [1.165, 1.54) is 11.3 Å². The Morgan fingerprint density at radius 2 is 1.89 bits per heavy atom. The standard InChI is InChI=1S/C21H16N4O2S/c1-14-12-17(15-6-3-2-4-7-15)23-25(14)19-10-9-16(13-18(19)24-27)22-21(26)20-8-5-11-28-20/h2-13H,1H3,(H,22,26). The van der Waals surface area contributed by atoms with Gasteiger partial charge < -0.3 is 5.32 Å². The van der Waals surface area contributed by atoms with Crippen LogP contribution in [0.25, 0.3) is 16.9 Å². The second-order valence-corrected chi connectivity index (χ2v) is 7.12. The SMILES string of the molecule is Cc1cc(-c2ccccc2)nn1-c1ccc(NC(=O)c2cccs2)cc1N=O. The van der Waals surface area contributed by atoms with E-state index < -0.39 is 0 Å². The van der Waals surface area contributed by atoms with E-state index in [0.717, 1.165) is 17.0 Å². The van der Waals surface area contributed by atoms with Crippen molar-refractivity contribution in [3.8, 4) is 16.9 Å². The Bertz CT molecular complexity index is 1130. The van der Waals surface area contributed by atoms with Gasteiger partial charge in [-0.05, 0) is 47.8 Å². The van der Waals surface area contributed by atoms with E-state index in [2.05, 4.69) is 15.6 Å². The summed E-state index contributed by atoms with van der Waals surface area (Å²) in [5.74, 6) is -0.221. The van der Waals surface area contributed by atoms with Crippen LogP contribution in [0.4, 0.5) is 11.4 Å². The predicted molar refractivity (Wildman–Crippen MR) is 111 cm³/mol. The second kappa shape index (κ2) is 7.58. The second-order valence-electron chi connectivity index (χ2n) is 6.17. The van der Waals surface area contributed by atoms with E-state index >= 15 is 0 Å². The van der Waals surface area contributed by atoms with Gasteiger partial charge in [0.05, 0.1) is 16.3 Å². The predicted octanol–water partition coefficient (Wildman–Crippen LogP) is 5.56.